The number of fused-ring (bicyclic) bond motifs is 1. The maximum absolute atomic E-state index is 5.97. The number of ether oxygens (including phenoxy) is 4. The van der Waals surface area contributed by atoms with E-state index in [-0.39, 0.29) is 0 Å². The third-order valence-electron chi connectivity index (χ3n) is 4.78. The summed E-state index contributed by atoms with van der Waals surface area (Å²) in [7, 11) is 0. The van der Waals surface area contributed by atoms with Crippen LogP contribution in [0.2, 0.25) is 0 Å². The lowest BCUT2D eigenvalue weighted by atomic mass is 9.86. The van der Waals surface area contributed by atoms with Gasteiger partial charge in [-0.05, 0) is 47.9 Å². The minimum absolute atomic E-state index is 0.504. The van der Waals surface area contributed by atoms with E-state index in [9.17, 15) is 0 Å². The van der Waals surface area contributed by atoms with Gasteiger partial charge < -0.3 is 18.9 Å². The SMILES string of the molecule is CCC(C)c1cc2c(cc1C(C)CC)OCCOCCOCCO2. The summed E-state index contributed by atoms with van der Waals surface area (Å²) < 4.78 is 23.0. The molecule has 0 amide bonds. The third-order valence-corrected chi connectivity index (χ3v) is 4.78. The van der Waals surface area contributed by atoms with E-state index in [1.165, 1.54) is 11.1 Å². The van der Waals surface area contributed by atoms with Gasteiger partial charge in [-0.1, -0.05) is 27.7 Å². The predicted molar refractivity (Wildman–Crippen MR) is 96.5 cm³/mol. The van der Waals surface area contributed by atoms with Crippen molar-refractivity contribution in [1.82, 2.24) is 0 Å². The second-order valence-corrected chi connectivity index (χ2v) is 6.47. The summed E-state index contributed by atoms with van der Waals surface area (Å²) in [5, 5.41) is 0. The van der Waals surface area contributed by atoms with Crippen LogP contribution in [0.25, 0.3) is 0 Å². The van der Waals surface area contributed by atoms with E-state index in [0.29, 0.717) is 51.5 Å². The van der Waals surface area contributed by atoms with Crippen molar-refractivity contribution < 1.29 is 18.9 Å². The van der Waals surface area contributed by atoms with Gasteiger partial charge in [0.2, 0.25) is 0 Å². The topological polar surface area (TPSA) is 36.9 Å². The first-order valence-electron chi connectivity index (χ1n) is 9.26. The number of rotatable bonds is 4. The molecule has 0 saturated heterocycles. The molecule has 4 nitrogen and oxygen atoms in total. The molecule has 1 aliphatic rings. The smallest absolute Gasteiger partial charge is 0.161 e. The fraction of sp³-hybridized carbons (Fsp3) is 0.700. The number of hydrogen-bond acceptors (Lipinski definition) is 4. The molecule has 24 heavy (non-hydrogen) atoms. The Bertz CT molecular complexity index is 456. The molecule has 0 saturated carbocycles. The quantitative estimate of drug-likeness (QED) is 0.810. The standard InChI is InChI=1S/C20H32O4/c1-5-15(3)17-13-19-20(14-18(17)16(4)6-2)24-12-10-22-8-7-21-9-11-23-19/h13-16H,5-12H2,1-4H3. The normalized spacial score (nSPS) is 19.0. The van der Waals surface area contributed by atoms with Crippen LogP contribution in [0.3, 0.4) is 0 Å². The summed E-state index contributed by atoms with van der Waals surface area (Å²) in [5.41, 5.74) is 2.75. The highest BCUT2D eigenvalue weighted by Gasteiger charge is 2.19. The molecule has 0 radical (unpaired) electrons. The maximum Gasteiger partial charge on any atom is 0.161 e. The average molecular weight is 336 g/mol. The van der Waals surface area contributed by atoms with Gasteiger partial charge in [0.05, 0.1) is 26.4 Å². The van der Waals surface area contributed by atoms with Crippen LogP contribution in [-0.2, 0) is 9.47 Å². The molecule has 2 atom stereocenters. The molecule has 136 valence electrons. The van der Waals surface area contributed by atoms with Gasteiger partial charge in [0.1, 0.15) is 13.2 Å². The Kier molecular flexibility index (Phi) is 7.86. The molecule has 1 heterocycles. The first-order valence-corrected chi connectivity index (χ1v) is 9.26. The van der Waals surface area contributed by atoms with Crippen LogP contribution in [-0.4, -0.2) is 39.6 Å². The fourth-order valence-corrected chi connectivity index (χ4v) is 2.85. The van der Waals surface area contributed by atoms with Crippen LogP contribution >= 0.6 is 0 Å². The molecule has 1 aromatic carbocycles. The third kappa shape index (κ3) is 5.12. The highest BCUT2D eigenvalue weighted by Crippen LogP contribution is 2.39. The lowest BCUT2D eigenvalue weighted by Gasteiger charge is -2.23. The zero-order valence-electron chi connectivity index (χ0n) is 15.6. The van der Waals surface area contributed by atoms with Crippen molar-refractivity contribution in [3.63, 3.8) is 0 Å². The monoisotopic (exact) mass is 336 g/mol. The molecule has 0 aliphatic carbocycles. The molecule has 0 spiro atoms. The molecule has 2 rings (SSSR count). The summed E-state index contributed by atoms with van der Waals surface area (Å²) in [6, 6.07) is 4.36. The van der Waals surface area contributed by atoms with Gasteiger partial charge in [-0.3, -0.25) is 0 Å². The molecule has 0 fully saturated rings. The van der Waals surface area contributed by atoms with Gasteiger partial charge >= 0.3 is 0 Å². The van der Waals surface area contributed by atoms with Gasteiger partial charge in [0, 0.05) is 0 Å². The van der Waals surface area contributed by atoms with Gasteiger partial charge in [0.15, 0.2) is 11.5 Å². The first-order chi connectivity index (χ1) is 11.7. The number of benzene rings is 1. The van der Waals surface area contributed by atoms with Crippen LogP contribution in [0.1, 0.15) is 63.5 Å². The van der Waals surface area contributed by atoms with E-state index in [0.717, 1.165) is 24.3 Å². The first kappa shape index (κ1) is 19.1. The highest BCUT2D eigenvalue weighted by molar-refractivity contribution is 5.49. The van der Waals surface area contributed by atoms with E-state index < -0.39 is 0 Å². The molecule has 0 N–H and O–H groups in total. The lowest BCUT2D eigenvalue weighted by Crippen LogP contribution is -2.16. The summed E-state index contributed by atoms with van der Waals surface area (Å²) in [5.74, 6) is 2.65. The molecule has 1 aromatic rings. The molecule has 0 bridgehead atoms. The molecule has 0 aromatic heterocycles. The van der Waals surface area contributed by atoms with Gasteiger partial charge in [-0.25, -0.2) is 0 Å². The van der Waals surface area contributed by atoms with E-state index in [1.807, 2.05) is 0 Å². The van der Waals surface area contributed by atoms with Gasteiger partial charge in [-0.15, -0.1) is 0 Å². The van der Waals surface area contributed by atoms with E-state index in [4.69, 9.17) is 18.9 Å². The Balaban J connectivity index is 2.34. The second kappa shape index (κ2) is 9.90. The molecule has 1 aliphatic heterocycles. The summed E-state index contributed by atoms with van der Waals surface area (Å²) in [4.78, 5) is 0. The zero-order chi connectivity index (χ0) is 17.4. The fourth-order valence-electron chi connectivity index (χ4n) is 2.85. The Labute approximate surface area is 146 Å². The minimum atomic E-state index is 0.504. The van der Waals surface area contributed by atoms with Gasteiger partial charge in [0.25, 0.3) is 0 Å². The van der Waals surface area contributed by atoms with Crippen LogP contribution < -0.4 is 9.47 Å². The molecule has 4 heteroatoms. The largest absolute Gasteiger partial charge is 0.487 e. The van der Waals surface area contributed by atoms with Crippen LogP contribution in [0.5, 0.6) is 11.5 Å². The van der Waals surface area contributed by atoms with E-state index in [1.54, 1.807) is 0 Å². The maximum atomic E-state index is 5.97. The van der Waals surface area contributed by atoms with Crippen molar-refractivity contribution in [3.8, 4) is 11.5 Å². The Morgan fingerprint density at radius 2 is 1.08 bits per heavy atom. The minimum Gasteiger partial charge on any atom is -0.487 e. The highest BCUT2D eigenvalue weighted by atomic mass is 16.6. The van der Waals surface area contributed by atoms with E-state index >= 15 is 0 Å². The van der Waals surface area contributed by atoms with Crippen LogP contribution in [0.15, 0.2) is 12.1 Å². The Morgan fingerprint density at radius 3 is 1.46 bits per heavy atom. The van der Waals surface area contributed by atoms with E-state index in [2.05, 4.69) is 39.8 Å². The van der Waals surface area contributed by atoms with Crippen molar-refractivity contribution in [3.05, 3.63) is 23.3 Å². The zero-order valence-corrected chi connectivity index (χ0v) is 15.6. The molecular formula is C20H32O4. The van der Waals surface area contributed by atoms with Crippen molar-refractivity contribution in [1.29, 1.82) is 0 Å². The average Bonchev–Trinajstić information content (AvgIpc) is 2.60. The van der Waals surface area contributed by atoms with Crippen molar-refractivity contribution in [2.45, 2.75) is 52.4 Å². The second-order valence-electron chi connectivity index (χ2n) is 6.47. The summed E-state index contributed by atoms with van der Waals surface area (Å²) in [6.07, 6.45) is 2.22. The predicted octanol–water partition coefficient (Wildman–Crippen LogP) is 4.52. The van der Waals surface area contributed by atoms with Crippen molar-refractivity contribution in [2.24, 2.45) is 0 Å². The lowest BCUT2D eigenvalue weighted by molar-refractivity contribution is 0.0223. The summed E-state index contributed by atoms with van der Waals surface area (Å²) >= 11 is 0. The molecular weight excluding hydrogens is 304 g/mol. The van der Waals surface area contributed by atoms with Crippen LogP contribution in [0.4, 0.5) is 0 Å². The Hall–Kier alpha value is -1.26. The van der Waals surface area contributed by atoms with Crippen LogP contribution in [0, 0.1) is 0 Å². The Morgan fingerprint density at radius 1 is 0.708 bits per heavy atom. The summed E-state index contributed by atoms with van der Waals surface area (Å²) in [6.45, 7) is 12.4. The van der Waals surface area contributed by atoms with Crippen molar-refractivity contribution >= 4 is 0 Å². The van der Waals surface area contributed by atoms with Crippen molar-refractivity contribution in [2.75, 3.05) is 39.6 Å². The van der Waals surface area contributed by atoms with Gasteiger partial charge in [-0.2, -0.15) is 0 Å². The number of hydrogen-bond donors (Lipinski definition) is 0. The molecule has 2 unspecified atom stereocenters.